The Bertz CT molecular complexity index is 835. The van der Waals surface area contributed by atoms with Crippen LogP contribution in [0, 0.1) is 0 Å². The van der Waals surface area contributed by atoms with Gasteiger partial charge < -0.3 is 16.0 Å². The summed E-state index contributed by atoms with van der Waals surface area (Å²) in [6.07, 6.45) is 14.1. The van der Waals surface area contributed by atoms with Crippen LogP contribution >= 0.6 is 0 Å². The highest BCUT2D eigenvalue weighted by Crippen LogP contribution is 2.45. The molecule has 1 aromatic rings. The van der Waals surface area contributed by atoms with Crippen LogP contribution in [-0.2, 0) is 9.59 Å². The van der Waals surface area contributed by atoms with Gasteiger partial charge in [0.15, 0.2) is 0 Å². The Hall–Kier alpha value is -1.92. The Balaban J connectivity index is 1.44. The van der Waals surface area contributed by atoms with Gasteiger partial charge in [0, 0.05) is 18.1 Å². The zero-order valence-electron chi connectivity index (χ0n) is 18.5. The number of nitrogens with zero attached hydrogens (tertiary/aromatic N) is 2. The number of carbonyl (C=O) groups is 2. The minimum atomic E-state index is -0.353. The van der Waals surface area contributed by atoms with Gasteiger partial charge in [0.25, 0.3) is 0 Å². The highest BCUT2D eigenvalue weighted by atomic mass is 16.2. The molecule has 0 spiro atoms. The van der Waals surface area contributed by atoms with Gasteiger partial charge in [-0.25, -0.2) is 0 Å². The molecule has 3 heterocycles. The summed E-state index contributed by atoms with van der Waals surface area (Å²) < 4.78 is 0. The smallest absolute Gasteiger partial charge is 0.236 e. The lowest BCUT2D eigenvalue weighted by Gasteiger charge is -2.59. The molecule has 0 aromatic heterocycles. The average molecular weight is 425 g/mol. The van der Waals surface area contributed by atoms with Crippen molar-refractivity contribution in [1.29, 1.82) is 0 Å². The Morgan fingerprint density at radius 3 is 2.39 bits per heavy atom. The van der Waals surface area contributed by atoms with E-state index in [4.69, 9.17) is 5.73 Å². The zero-order valence-corrected chi connectivity index (χ0v) is 18.5. The van der Waals surface area contributed by atoms with E-state index in [1.807, 2.05) is 29.2 Å². The average Bonchev–Trinajstić information content (AvgIpc) is 2.81. The lowest BCUT2D eigenvalue weighted by molar-refractivity contribution is -0.126. The van der Waals surface area contributed by atoms with Gasteiger partial charge in [-0.05, 0) is 57.1 Å². The fraction of sp³-hybridized carbons (Fsp3) is 0.680. The van der Waals surface area contributed by atoms with E-state index in [1.165, 1.54) is 51.4 Å². The molecule has 2 saturated heterocycles. The summed E-state index contributed by atoms with van der Waals surface area (Å²) in [6.45, 7) is 0. The second-order valence-electron chi connectivity index (χ2n) is 10.2. The van der Waals surface area contributed by atoms with E-state index >= 15 is 0 Å². The van der Waals surface area contributed by atoms with Gasteiger partial charge in [-0.1, -0.05) is 44.2 Å². The number of fused-ring (bicyclic) bond motifs is 3. The number of nitrogens with one attached hydrogen (secondary N) is 1. The molecule has 3 N–H and O–H groups in total. The molecule has 1 saturated carbocycles. The largest absolute Gasteiger partial charge is 0.324 e. The van der Waals surface area contributed by atoms with E-state index in [0.29, 0.717) is 12.1 Å². The van der Waals surface area contributed by atoms with Gasteiger partial charge in [0.2, 0.25) is 11.8 Å². The third-order valence-corrected chi connectivity index (χ3v) is 8.04. The van der Waals surface area contributed by atoms with E-state index in [1.54, 1.807) is 0 Å². The first-order chi connectivity index (χ1) is 15.0. The molecule has 4 aliphatic rings. The van der Waals surface area contributed by atoms with Gasteiger partial charge >= 0.3 is 0 Å². The summed E-state index contributed by atoms with van der Waals surface area (Å²) in [7, 11) is 0. The van der Waals surface area contributed by atoms with Crippen molar-refractivity contribution < 1.29 is 9.59 Å². The second kappa shape index (κ2) is 8.55. The molecule has 3 atom stereocenters. The number of carbonyl (C=O) groups excluding carboxylic acids is 2. The molecular formula is C25H36N4O2. The predicted molar refractivity (Wildman–Crippen MR) is 123 cm³/mol. The third kappa shape index (κ3) is 4.00. The van der Waals surface area contributed by atoms with E-state index < -0.39 is 0 Å². The van der Waals surface area contributed by atoms with Crippen LogP contribution in [-0.4, -0.2) is 40.5 Å². The quantitative estimate of drug-likeness (QED) is 0.699. The lowest BCUT2D eigenvalue weighted by Crippen LogP contribution is -2.71. The molecule has 0 radical (unpaired) electrons. The number of para-hydroxylation sites is 2. The number of rotatable bonds is 2. The molecule has 2 amide bonds. The number of piperidine rings is 2. The predicted octanol–water partition coefficient (Wildman–Crippen LogP) is 4.15. The highest BCUT2D eigenvalue weighted by Gasteiger charge is 2.51. The SMILES string of the molecule is N[C@]12CCC[C@H](C[C@@H](N3C(=O)CC(=O)Nc4ccccc43)C1)N2C1CCCCCCC1. The summed E-state index contributed by atoms with van der Waals surface area (Å²) in [4.78, 5) is 30.1. The van der Waals surface area contributed by atoms with Crippen LogP contribution in [0.2, 0.25) is 0 Å². The molecule has 6 heteroatoms. The molecule has 3 fully saturated rings. The summed E-state index contributed by atoms with van der Waals surface area (Å²) >= 11 is 0. The van der Waals surface area contributed by atoms with Crippen molar-refractivity contribution in [3.8, 4) is 0 Å². The number of nitrogens with two attached hydrogens (primary N) is 1. The van der Waals surface area contributed by atoms with E-state index in [-0.39, 0.29) is 29.9 Å². The molecule has 6 nitrogen and oxygen atoms in total. The molecule has 168 valence electrons. The van der Waals surface area contributed by atoms with Crippen molar-refractivity contribution in [2.75, 3.05) is 10.2 Å². The Labute approximate surface area is 185 Å². The first-order valence-corrected chi connectivity index (χ1v) is 12.3. The van der Waals surface area contributed by atoms with Crippen LogP contribution in [0.15, 0.2) is 24.3 Å². The van der Waals surface area contributed by atoms with Gasteiger partial charge in [0.1, 0.15) is 6.42 Å². The lowest BCUT2D eigenvalue weighted by atomic mass is 9.74. The van der Waals surface area contributed by atoms with E-state index in [0.717, 1.165) is 37.1 Å². The topological polar surface area (TPSA) is 78.7 Å². The fourth-order valence-corrected chi connectivity index (χ4v) is 6.83. The molecule has 0 unspecified atom stereocenters. The highest BCUT2D eigenvalue weighted by molar-refractivity contribution is 6.14. The van der Waals surface area contributed by atoms with E-state index in [9.17, 15) is 9.59 Å². The molecule has 1 aliphatic carbocycles. The standard InChI is InChI=1S/C25H36N4O2/c26-25-14-8-11-19(29(25)18-9-4-2-1-3-5-10-18)15-20(17-25)28-22-13-7-6-12-21(22)27-23(30)16-24(28)31/h6-7,12-13,18-20H,1-5,8-11,14-17,26H2,(H,27,30)/t19-,20-,25+/m1/s1. The van der Waals surface area contributed by atoms with Crippen molar-refractivity contribution in [3.05, 3.63) is 24.3 Å². The number of anilines is 2. The van der Waals surface area contributed by atoms with Gasteiger partial charge in [-0.2, -0.15) is 0 Å². The fourth-order valence-electron chi connectivity index (χ4n) is 6.83. The van der Waals surface area contributed by atoms with Crippen molar-refractivity contribution in [1.82, 2.24) is 4.90 Å². The first kappa shape index (κ1) is 21.0. The van der Waals surface area contributed by atoms with Crippen molar-refractivity contribution in [2.24, 2.45) is 5.73 Å². The number of hydrogen-bond acceptors (Lipinski definition) is 4. The summed E-state index contributed by atoms with van der Waals surface area (Å²) in [5, 5.41) is 2.91. The van der Waals surface area contributed by atoms with Crippen LogP contribution in [0.3, 0.4) is 0 Å². The van der Waals surface area contributed by atoms with Crippen molar-refractivity contribution in [2.45, 2.75) is 107 Å². The van der Waals surface area contributed by atoms with Gasteiger partial charge in [-0.15, -0.1) is 0 Å². The maximum Gasteiger partial charge on any atom is 0.236 e. The summed E-state index contributed by atoms with van der Waals surface area (Å²) in [6, 6.07) is 8.74. The van der Waals surface area contributed by atoms with Gasteiger partial charge in [0.05, 0.1) is 17.0 Å². The number of benzene rings is 1. The maximum atomic E-state index is 13.2. The maximum absolute atomic E-state index is 13.2. The van der Waals surface area contributed by atoms with Crippen molar-refractivity contribution >= 4 is 23.2 Å². The third-order valence-electron chi connectivity index (χ3n) is 8.04. The van der Waals surface area contributed by atoms with Crippen LogP contribution in [0.4, 0.5) is 11.4 Å². The normalized spacial score (nSPS) is 33.1. The molecule has 31 heavy (non-hydrogen) atoms. The zero-order chi connectivity index (χ0) is 21.4. The molecular weight excluding hydrogens is 388 g/mol. The molecule has 1 aromatic carbocycles. The summed E-state index contributed by atoms with van der Waals surface area (Å²) in [5.41, 5.74) is 8.40. The monoisotopic (exact) mass is 424 g/mol. The van der Waals surface area contributed by atoms with Crippen LogP contribution in [0.1, 0.15) is 83.5 Å². The van der Waals surface area contributed by atoms with E-state index in [2.05, 4.69) is 10.2 Å². The summed E-state index contributed by atoms with van der Waals surface area (Å²) in [5.74, 6) is -0.330. The minimum Gasteiger partial charge on any atom is -0.324 e. The van der Waals surface area contributed by atoms with Crippen LogP contribution in [0.5, 0.6) is 0 Å². The number of hydrogen-bond donors (Lipinski definition) is 2. The minimum absolute atomic E-state index is 0.0430. The second-order valence-corrected chi connectivity index (χ2v) is 10.2. The van der Waals surface area contributed by atoms with Crippen LogP contribution < -0.4 is 16.0 Å². The Morgan fingerprint density at radius 2 is 1.61 bits per heavy atom. The first-order valence-electron chi connectivity index (χ1n) is 12.3. The molecule has 5 rings (SSSR count). The number of amides is 2. The Kier molecular flexibility index (Phi) is 5.78. The molecule has 3 aliphatic heterocycles. The molecule has 2 bridgehead atoms. The van der Waals surface area contributed by atoms with Gasteiger partial charge in [-0.3, -0.25) is 14.5 Å². The van der Waals surface area contributed by atoms with Crippen molar-refractivity contribution in [3.63, 3.8) is 0 Å². The van der Waals surface area contributed by atoms with Crippen LogP contribution in [0.25, 0.3) is 0 Å². The Morgan fingerprint density at radius 1 is 0.903 bits per heavy atom.